The summed E-state index contributed by atoms with van der Waals surface area (Å²) in [4.78, 5) is 22.4. The Morgan fingerprint density at radius 1 is 1.05 bits per heavy atom. The fourth-order valence-corrected chi connectivity index (χ4v) is 1.71. The van der Waals surface area contributed by atoms with Gasteiger partial charge in [0.25, 0.3) is 0 Å². The average molecular weight is 288 g/mol. The minimum Gasteiger partial charge on any atom is -0.478 e. The van der Waals surface area contributed by atoms with Crippen LogP contribution in [0.5, 0.6) is 0 Å². The van der Waals surface area contributed by atoms with Crippen LogP contribution in [-0.4, -0.2) is 23.5 Å². The molecule has 2 rings (SSSR count). The van der Waals surface area contributed by atoms with Crippen LogP contribution >= 0.6 is 0 Å². The first kappa shape index (κ1) is 14.5. The first-order valence-electron chi connectivity index (χ1n) is 6.18. The van der Waals surface area contributed by atoms with E-state index in [2.05, 4.69) is 10.6 Å². The molecule has 0 heterocycles. The monoisotopic (exact) mass is 288 g/mol. The van der Waals surface area contributed by atoms with Crippen LogP contribution in [0.25, 0.3) is 0 Å². The second-order valence-corrected chi connectivity index (χ2v) is 4.27. The lowest BCUT2D eigenvalue weighted by molar-refractivity contribution is -0.114. The van der Waals surface area contributed by atoms with Gasteiger partial charge in [-0.2, -0.15) is 0 Å². The zero-order valence-electron chi connectivity index (χ0n) is 11.0. The van der Waals surface area contributed by atoms with Gasteiger partial charge in [0.1, 0.15) is 5.82 Å². The molecule has 0 aliphatic heterocycles. The van der Waals surface area contributed by atoms with Gasteiger partial charge in [-0.15, -0.1) is 0 Å². The molecule has 2 aromatic rings. The maximum absolute atomic E-state index is 13.5. The van der Waals surface area contributed by atoms with Crippen LogP contribution in [0.1, 0.15) is 10.4 Å². The van der Waals surface area contributed by atoms with Crippen molar-refractivity contribution in [3.8, 4) is 0 Å². The summed E-state index contributed by atoms with van der Waals surface area (Å²) in [7, 11) is 0. The van der Waals surface area contributed by atoms with Gasteiger partial charge in [0.15, 0.2) is 0 Å². The van der Waals surface area contributed by atoms with Crippen molar-refractivity contribution in [2.75, 3.05) is 17.2 Å². The highest BCUT2D eigenvalue weighted by Crippen LogP contribution is 2.14. The van der Waals surface area contributed by atoms with Crippen LogP contribution in [0.3, 0.4) is 0 Å². The molecule has 0 radical (unpaired) electrons. The Labute approximate surface area is 120 Å². The lowest BCUT2D eigenvalue weighted by Crippen LogP contribution is -2.21. The van der Waals surface area contributed by atoms with Crippen molar-refractivity contribution in [2.24, 2.45) is 0 Å². The number of hydrogen-bond acceptors (Lipinski definition) is 3. The first-order chi connectivity index (χ1) is 10.1. The van der Waals surface area contributed by atoms with E-state index in [1.165, 1.54) is 6.07 Å². The predicted molar refractivity (Wildman–Crippen MR) is 76.9 cm³/mol. The normalized spacial score (nSPS) is 9.95. The average Bonchev–Trinajstić information content (AvgIpc) is 2.46. The second-order valence-electron chi connectivity index (χ2n) is 4.27. The predicted octanol–water partition coefficient (Wildman–Crippen LogP) is 2.57. The fraction of sp³-hybridized carbons (Fsp3) is 0.0667. The van der Waals surface area contributed by atoms with Gasteiger partial charge < -0.3 is 15.7 Å². The van der Waals surface area contributed by atoms with Crippen molar-refractivity contribution in [2.45, 2.75) is 0 Å². The number of benzene rings is 2. The molecule has 21 heavy (non-hydrogen) atoms. The lowest BCUT2D eigenvalue weighted by Gasteiger charge is -2.08. The van der Waals surface area contributed by atoms with Crippen molar-refractivity contribution in [3.05, 3.63) is 59.9 Å². The van der Waals surface area contributed by atoms with E-state index in [-0.39, 0.29) is 18.1 Å². The Morgan fingerprint density at radius 3 is 2.38 bits per heavy atom. The molecule has 3 N–H and O–H groups in total. The number of nitrogens with one attached hydrogen (secondary N) is 2. The number of carboxylic acid groups (broad SMARTS) is 1. The number of para-hydroxylation sites is 1. The zero-order valence-corrected chi connectivity index (χ0v) is 11.0. The van der Waals surface area contributed by atoms with E-state index < -0.39 is 17.3 Å². The van der Waals surface area contributed by atoms with Gasteiger partial charge >= 0.3 is 5.97 Å². The van der Waals surface area contributed by atoms with E-state index >= 15 is 0 Å². The Hall–Kier alpha value is -2.89. The Balaban J connectivity index is 1.94. The number of rotatable bonds is 5. The molecule has 2 aromatic carbocycles. The molecule has 0 saturated heterocycles. The number of halogens is 1. The lowest BCUT2D eigenvalue weighted by atomic mass is 10.2. The zero-order chi connectivity index (χ0) is 15.2. The molecule has 0 atom stereocenters. The van der Waals surface area contributed by atoms with Gasteiger partial charge in [-0.3, -0.25) is 4.79 Å². The molecule has 0 spiro atoms. The number of carboxylic acids is 1. The number of anilines is 2. The summed E-state index contributed by atoms with van der Waals surface area (Å²) in [5, 5.41) is 14.1. The summed E-state index contributed by atoms with van der Waals surface area (Å²) in [5.41, 5.74) is 0.563. The minimum atomic E-state index is -1.35. The maximum atomic E-state index is 13.5. The van der Waals surface area contributed by atoms with Crippen LogP contribution in [0.4, 0.5) is 15.8 Å². The van der Waals surface area contributed by atoms with E-state index in [1.807, 2.05) is 30.3 Å². The van der Waals surface area contributed by atoms with E-state index in [0.29, 0.717) is 0 Å². The van der Waals surface area contributed by atoms with E-state index in [1.54, 1.807) is 0 Å². The third-order valence-corrected chi connectivity index (χ3v) is 2.71. The third-order valence-electron chi connectivity index (χ3n) is 2.71. The van der Waals surface area contributed by atoms with Gasteiger partial charge in [-0.05, 0) is 30.3 Å². The van der Waals surface area contributed by atoms with Crippen LogP contribution in [-0.2, 0) is 4.79 Å². The second kappa shape index (κ2) is 6.51. The Kier molecular flexibility index (Phi) is 4.50. The van der Waals surface area contributed by atoms with Gasteiger partial charge in [-0.1, -0.05) is 18.2 Å². The standard InChI is InChI=1S/C15H13FN2O3/c16-13-8-11(6-7-12(13)15(20)21)18-14(19)9-17-10-4-2-1-3-5-10/h1-8,17H,9H2,(H,18,19)(H,20,21). The van der Waals surface area contributed by atoms with Gasteiger partial charge in [-0.25, -0.2) is 9.18 Å². The van der Waals surface area contributed by atoms with E-state index in [4.69, 9.17) is 5.11 Å². The molecule has 0 aromatic heterocycles. The van der Waals surface area contributed by atoms with Gasteiger partial charge in [0, 0.05) is 11.4 Å². The van der Waals surface area contributed by atoms with Crippen LogP contribution < -0.4 is 10.6 Å². The maximum Gasteiger partial charge on any atom is 0.338 e. The Bertz CT molecular complexity index is 659. The van der Waals surface area contributed by atoms with E-state index in [9.17, 15) is 14.0 Å². The van der Waals surface area contributed by atoms with Crippen molar-refractivity contribution >= 4 is 23.3 Å². The van der Waals surface area contributed by atoms with Gasteiger partial charge in [0.2, 0.25) is 5.91 Å². The van der Waals surface area contributed by atoms with Crippen molar-refractivity contribution in [3.63, 3.8) is 0 Å². The highest BCUT2D eigenvalue weighted by Gasteiger charge is 2.11. The highest BCUT2D eigenvalue weighted by atomic mass is 19.1. The molecular weight excluding hydrogens is 275 g/mol. The number of hydrogen-bond donors (Lipinski definition) is 3. The molecule has 0 aliphatic carbocycles. The largest absolute Gasteiger partial charge is 0.478 e. The van der Waals surface area contributed by atoms with Crippen LogP contribution in [0, 0.1) is 5.82 Å². The molecular formula is C15H13FN2O3. The van der Waals surface area contributed by atoms with Crippen molar-refractivity contribution in [1.82, 2.24) is 0 Å². The summed E-state index contributed by atoms with van der Waals surface area (Å²) >= 11 is 0. The molecule has 0 unspecified atom stereocenters. The Morgan fingerprint density at radius 2 is 1.76 bits per heavy atom. The fourth-order valence-electron chi connectivity index (χ4n) is 1.71. The highest BCUT2D eigenvalue weighted by molar-refractivity contribution is 5.94. The summed E-state index contributed by atoms with van der Waals surface area (Å²) in [6.45, 7) is 0.0202. The molecule has 0 saturated carbocycles. The summed E-state index contributed by atoms with van der Waals surface area (Å²) in [6, 6.07) is 12.6. The number of aromatic carboxylic acids is 1. The third kappa shape index (κ3) is 4.04. The number of amides is 1. The van der Waals surface area contributed by atoms with Crippen molar-refractivity contribution < 1.29 is 19.1 Å². The smallest absolute Gasteiger partial charge is 0.338 e. The summed E-state index contributed by atoms with van der Waals surface area (Å²) in [6.07, 6.45) is 0. The first-order valence-corrected chi connectivity index (χ1v) is 6.18. The number of carbonyl (C=O) groups excluding carboxylic acids is 1. The molecule has 6 heteroatoms. The molecule has 5 nitrogen and oxygen atoms in total. The van der Waals surface area contributed by atoms with Crippen molar-refractivity contribution in [1.29, 1.82) is 0 Å². The molecule has 0 fully saturated rings. The van der Waals surface area contributed by atoms with Crippen LogP contribution in [0.15, 0.2) is 48.5 Å². The molecule has 0 aliphatic rings. The molecule has 1 amide bonds. The molecule has 108 valence electrons. The number of carbonyl (C=O) groups is 2. The minimum absolute atomic E-state index is 0.0202. The molecule has 0 bridgehead atoms. The van der Waals surface area contributed by atoms with E-state index in [0.717, 1.165) is 17.8 Å². The quantitative estimate of drug-likeness (QED) is 0.790. The summed E-state index contributed by atoms with van der Waals surface area (Å²) in [5.74, 6) is -2.60. The topological polar surface area (TPSA) is 78.4 Å². The summed E-state index contributed by atoms with van der Waals surface area (Å²) < 4.78 is 13.5. The SMILES string of the molecule is O=C(CNc1ccccc1)Nc1ccc(C(=O)O)c(F)c1. The van der Waals surface area contributed by atoms with Gasteiger partial charge in [0.05, 0.1) is 12.1 Å². The van der Waals surface area contributed by atoms with Crippen LogP contribution in [0.2, 0.25) is 0 Å².